The first-order valence-electron chi connectivity index (χ1n) is 24.2. The van der Waals surface area contributed by atoms with Gasteiger partial charge < -0.3 is 114 Å². The third-order valence-corrected chi connectivity index (χ3v) is 12.7. The molecule has 0 spiro atoms. The normalized spacial score (nSPS) is 36.2. The van der Waals surface area contributed by atoms with Gasteiger partial charge in [-0.05, 0) is 67.3 Å². The molecule has 13 N–H and O–H groups in total. The van der Waals surface area contributed by atoms with E-state index in [4.69, 9.17) is 47.4 Å². The zero-order valence-corrected chi connectivity index (χ0v) is 41.2. The molecule has 4 heterocycles. The molecule has 2 aromatic rings. The van der Waals surface area contributed by atoms with Gasteiger partial charge in [-0.3, -0.25) is 9.59 Å². The molecule has 0 unspecified atom stereocenters. The van der Waals surface area contributed by atoms with Gasteiger partial charge in [-0.1, -0.05) is 24.3 Å². The number of aliphatic hydroxyl groups excluding tert-OH is 11. The standard InChI is InChI=1S/C49H68N2O24/c1-23-34(57)39(62)45(49(68-23)69-28-14-8-25(9-15-28)10-16-32(55)51-19-5-4-18-50-24(2)54)75-48-42(65)44(37(60)31(72-48)22-67-33(56)17-11-26-6-12-27(66-3)13-7-26)74-47-41(64)43(36(59)30(21-53)71-47)73-46-40(63)38(61)35(58)29(20-52)70-46/h6-17,23,29-31,34-49,52-53,57-65H,4-5,18-22H2,1-3H3,(H,50,54)(H,51,55)/t23-,29+,30+,31+,34-,35+,36+,37+,38-,39+,40+,41+,42+,43-,44-,45+,46-,47-,48-,49-/m0/s1. The van der Waals surface area contributed by atoms with Crippen LogP contribution in [-0.4, -0.2) is 237 Å². The third-order valence-electron chi connectivity index (χ3n) is 12.7. The lowest BCUT2D eigenvalue weighted by molar-refractivity contribution is -0.390. The predicted octanol–water partition coefficient (Wildman–Crippen LogP) is -4.32. The highest BCUT2D eigenvalue weighted by molar-refractivity contribution is 5.91. The van der Waals surface area contributed by atoms with Gasteiger partial charge in [-0.25, -0.2) is 4.79 Å². The van der Waals surface area contributed by atoms with Crippen molar-refractivity contribution in [1.29, 1.82) is 0 Å². The molecule has 0 bridgehead atoms. The zero-order chi connectivity index (χ0) is 54.5. The molecule has 2 amide bonds. The smallest absolute Gasteiger partial charge is 0.330 e. The SMILES string of the molecule is COc1ccc(C=CC(=O)OC[C@H]2O[C@@H](O[C@H]3[C@H](Oc4ccc(C=CC(=O)NCCCCNC(C)=O)cc4)O[C@@H](C)[C@H](O)[C@H]3O)[C@H](O)[C@@H](O[C@@H]3O[C@H](CO)[C@@H](O)[C@H](O[C@@H]4O[C@H](CO)[C@@H](O)[C@H](O)[C@H]4O)[C@H]3O)[C@@H]2O)cc1. The number of esters is 1. The van der Waals surface area contributed by atoms with Crippen molar-refractivity contribution in [2.24, 2.45) is 0 Å². The van der Waals surface area contributed by atoms with Crippen molar-refractivity contribution in [1.82, 2.24) is 10.6 Å². The molecule has 20 atom stereocenters. The molecule has 4 fully saturated rings. The second-order valence-electron chi connectivity index (χ2n) is 18.2. The minimum absolute atomic E-state index is 0.135. The van der Waals surface area contributed by atoms with E-state index in [1.165, 1.54) is 45.2 Å². The van der Waals surface area contributed by atoms with Crippen LogP contribution in [0.2, 0.25) is 0 Å². The maximum Gasteiger partial charge on any atom is 0.330 e. The molecule has 0 aliphatic carbocycles. The van der Waals surface area contributed by atoms with Crippen LogP contribution < -0.4 is 20.1 Å². The fourth-order valence-corrected chi connectivity index (χ4v) is 8.37. The molecule has 2 aromatic carbocycles. The highest BCUT2D eigenvalue weighted by Crippen LogP contribution is 2.35. The lowest BCUT2D eigenvalue weighted by Crippen LogP contribution is -2.67. The quantitative estimate of drug-likeness (QED) is 0.0301. The minimum Gasteiger partial charge on any atom is -0.497 e. The molecule has 26 heteroatoms. The number of nitrogens with one attached hydrogen (secondary N) is 2. The summed E-state index contributed by atoms with van der Waals surface area (Å²) in [4.78, 5) is 36.4. The average molecular weight is 1070 g/mol. The van der Waals surface area contributed by atoms with Gasteiger partial charge in [-0.15, -0.1) is 0 Å². The number of amides is 2. The Hall–Kier alpha value is -4.79. The fourth-order valence-electron chi connectivity index (χ4n) is 8.37. The van der Waals surface area contributed by atoms with Crippen LogP contribution in [0.1, 0.15) is 37.8 Å². The van der Waals surface area contributed by atoms with Gasteiger partial charge in [0.25, 0.3) is 0 Å². The summed E-state index contributed by atoms with van der Waals surface area (Å²) in [5.74, 6) is -0.671. The summed E-state index contributed by atoms with van der Waals surface area (Å²) in [6.07, 6.45) is -29.4. The number of hydrogen-bond acceptors (Lipinski definition) is 24. The van der Waals surface area contributed by atoms with Crippen molar-refractivity contribution in [2.75, 3.05) is 40.0 Å². The van der Waals surface area contributed by atoms with Crippen LogP contribution >= 0.6 is 0 Å². The minimum atomic E-state index is -2.13. The van der Waals surface area contributed by atoms with Gasteiger partial charge in [0, 0.05) is 32.2 Å². The van der Waals surface area contributed by atoms with Crippen LogP contribution in [0.4, 0.5) is 0 Å². The number of methoxy groups -OCH3 is 1. The Bertz CT molecular complexity index is 2170. The van der Waals surface area contributed by atoms with Crippen LogP contribution in [0, 0.1) is 0 Å². The highest BCUT2D eigenvalue weighted by atomic mass is 16.8. The molecular weight excluding hydrogens is 1000 g/mol. The molecule has 75 heavy (non-hydrogen) atoms. The summed E-state index contributed by atoms with van der Waals surface area (Å²) in [5.41, 5.74) is 1.19. The summed E-state index contributed by atoms with van der Waals surface area (Å²) in [6, 6.07) is 12.9. The van der Waals surface area contributed by atoms with E-state index in [-0.39, 0.29) is 17.6 Å². The summed E-state index contributed by atoms with van der Waals surface area (Å²) in [7, 11) is 1.49. The van der Waals surface area contributed by atoms with Gasteiger partial charge in [-0.2, -0.15) is 0 Å². The van der Waals surface area contributed by atoms with Crippen molar-refractivity contribution in [3.05, 3.63) is 71.8 Å². The van der Waals surface area contributed by atoms with E-state index in [0.29, 0.717) is 42.8 Å². The summed E-state index contributed by atoms with van der Waals surface area (Å²) >= 11 is 0. The molecule has 0 saturated carbocycles. The summed E-state index contributed by atoms with van der Waals surface area (Å²) in [5, 5.41) is 125. The van der Waals surface area contributed by atoms with E-state index in [2.05, 4.69) is 10.6 Å². The van der Waals surface area contributed by atoms with E-state index in [1.54, 1.807) is 42.5 Å². The van der Waals surface area contributed by atoms with Crippen molar-refractivity contribution < 1.29 is 118 Å². The third kappa shape index (κ3) is 15.7. The van der Waals surface area contributed by atoms with E-state index in [0.717, 1.165) is 6.08 Å². The average Bonchev–Trinajstić information content (AvgIpc) is 3.40. The Labute approximate surface area is 430 Å². The predicted molar refractivity (Wildman–Crippen MR) is 253 cm³/mol. The lowest BCUT2D eigenvalue weighted by atomic mass is 9.95. The molecule has 4 aliphatic heterocycles. The molecule has 0 aromatic heterocycles. The van der Waals surface area contributed by atoms with Crippen LogP contribution in [-0.2, 0) is 52.3 Å². The van der Waals surface area contributed by atoms with Gasteiger partial charge >= 0.3 is 5.97 Å². The van der Waals surface area contributed by atoms with Crippen LogP contribution in [0.25, 0.3) is 12.2 Å². The molecule has 6 rings (SSSR count). The first-order chi connectivity index (χ1) is 35.8. The van der Waals surface area contributed by atoms with Crippen molar-refractivity contribution >= 4 is 29.9 Å². The van der Waals surface area contributed by atoms with Crippen LogP contribution in [0.15, 0.2) is 60.7 Å². The van der Waals surface area contributed by atoms with Gasteiger partial charge in [0.15, 0.2) is 25.0 Å². The maximum absolute atomic E-state index is 13.0. The first-order valence-corrected chi connectivity index (χ1v) is 24.2. The molecule has 4 aliphatic rings. The number of carbonyl (C=O) groups is 3. The van der Waals surface area contributed by atoms with Gasteiger partial charge in [0.2, 0.25) is 18.1 Å². The number of hydrogen-bond donors (Lipinski definition) is 13. The number of ether oxygens (including phenoxy) is 10. The number of aliphatic hydroxyl groups is 11. The van der Waals surface area contributed by atoms with Gasteiger partial charge in [0.05, 0.1) is 26.4 Å². The molecule has 26 nitrogen and oxygen atoms in total. The maximum atomic E-state index is 13.0. The van der Waals surface area contributed by atoms with Crippen molar-refractivity contribution in [2.45, 2.75) is 150 Å². The lowest BCUT2D eigenvalue weighted by Gasteiger charge is -2.49. The zero-order valence-electron chi connectivity index (χ0n) is 41.2. The molecule has 0 radical (unpaired) electrons. The Balaban J connectivity index is 1.20. The number of carbonyl (C=O) groups excluding carboxylic acids is 3. The fraction of sp³-hybridized carbons (Fsp3) is 0.612. The van der Waals surface area contributed by atoms with Crippen LogP contribution in [0.3, 0.4) is 0 Å². The van der Waals surface area contributed by atoms with E-state index >= 15 is 0 Å². The second-order valence-corrected chi connectivity index (χ2v) is 18.2. The summed E-state index contributed by atoms with van der Waals surface area (Å²) < 4.78 is 57.3. The number of unbranched alkanes of at least 4 members (excludes halogenated alkanes) is 1. The van der Waals surface area contributed by atoms with E-state index in [9.17, 15) is 70.6 Å². The van der Waals surface area contributed by atoms with Gasteiger partial charge in [0.1, 0.15) is 104 Å². The molecular formula is C49H68N2O24. The summed E-state index contributed by atoms with van der Waals surface area (Å²) in [6.45, 7) is 1.22. The van der Waals surface area contributed by atoms with Crippen molar-refractivity contribution in [3.63, 3.8) is 0 Å². The van der Waals surface area contributed by atoms with E-state index < -0.39 is 149 Å². The van der Waals surface area contributed by atoms with E-state index in [1.807, 2.05) is 0 Å². The number of benzene rings is 2. The molecule has 4 saturated heterocycles. The Morgan fingerprint density at radius 1 is 0.547 bits per heavy atom. The Kier molecular flexibility index (Phi) is 22.2. The van der Waals surface area contributed by atoms with Crippen LogP contribution in [0.5, 0.6) is 11.5 Å². The Morgan fingerprint density at radius 3 is 1.60 bits per heavy atom. The van der Waals surface area contributed by atoms with Crippen molar-refractivity contribution in [3.8, 4) is 11.5 Å². The highest BCUT2D eigenvalue weighted by Gasteiger charge is 2.56. The Morgan fingerprint density at radius 2 is 1.04 bits per heavy atom. The first kappa shape index (κ1) is 59.5. The largest absolute Gasteiger partial charge is 0.497 e. The molecule has 418 valence electrons. The monoisotopic (exact) mass is 1070 g/mol. The second kappa shape index (κ2) is 28.0. The topological polar surface area (TPSA) is 390 Å². The number of rotatable bonds is 22.